The highest BCUT2D eigenvalue weighted by molar-refractivity contribution is 6.73. The van der Waals surface area contributed by atoms with Crippen LogP contribution in [0.15, 0.2) is 30.3 Å². The van der Waals surface area contributed by atoms with Crippen LogP contribution in [-0.2, 0) is 23.5 Å². The predicted octanol–water partition coefficient (Wildman–Crippen LogP) is 4.22. The largest absolute Gasteiger partial charge is 0.453 e. The zero-order valence-electron chi connectivity index (χ0n) is 18.6. The lowest BCUT2D eigenvalue weighted by molar-refractivity contribution is -0.196. The van der Waals surface area contributed by atoms with Gasteiger partial charge in [0, 0.05) is 0 Å². The van der Waals surface area contributed by atoms with Gasteiger partial charge in [0.25, 0.3) is 5.91 Å². The van der Waals surface area contributed by atoms with Crippen LogP contribution in [0.4, 0.5) is 0 Å². The molecule has 2 amide bonds. The molecule has 0 spiro atoms. The third-order valence-corrected chi connectivity index (χ3v) is 10.4. The van der Waals surface area contributed by atoms with Gasteiger partial charge in [0.1, 0.15) is 11.6 Å². The van der Waals surface area contributed by atoms with E-state index in [9.17, 15) is 14.4 Å². The number of β-lactam (4-membered cyclic amide) rings is 1. The fourth-order valence-electron chi connectivity index (χ4n) is 3.90. The molecular formula is C22H33NO5Si. The summed E-state index contributed by atoms with van der Waals surface area (Å²) in [7, 11) is -2.14. The van der Waals surface area contributed by atoms with Gasteiger partial charge in [-0.1, -0.05) is 51.1 Å². The zero-order valence-corrected chi connectivity index (χ0v) is 19.6. The first-order valence-electron chi connectivity index (χ1n) is 10.3. The quantitative estimate of drug-likeness (QED) is 0.299. The third-order valence-electron chi connectivity index (χ3n) is 5.69. The van der Waals surface area contributed by atoms with E-state index < -0.39 is 43.3 Å². The van der Waals surface area contributed by atoms with E-state index in [2.05, 4.69) is 20.8 Å². The molecule has 0 aromatic heterocycles. The topological polar surface area (TPSA) is 72.9 Å². The van der Waals surface area contributed by atoms with Gasteiger partial charge in [-0.3, -0.25) is 14.5 Å². The minimum Gasteiger partial charge on any atom is -0.453 e. The Kier molecular flexibility index (Phi) is 6.74. The molecule has 1 aliphatic heterocycles. The Bertz CT molecular complexity index is 761. The molecule has 29 heavy (non-hydrogen) atoms. The maximum Gasteiger partial charge on any atom is 0.398 e. The molecule has 1 aromatic carbocycles. The number of carbonyl (C=O) groups excluding carboxylic acids is 3. The Morgan fingerprint density at radius 2 is 1.59 bits per heavy atom. The monoisotopic (exact) mass is 419 g/mol. The molecule has 0 aliphatic carbocycles. The standard InChI is InChI=1S/C22H33NO5Si/c1-8-29(9-2,10-3)28-22(7)17(16-14-12-11-13-15-16)23(20(22)26)18(24)19(25)27-21(4,5)6/h11-15,17H,8-10H2,1-7H3/t17-,22+/m0/s1. The van der Waals surface area contributed by atoms with Crippen LogP contribution in [0, 0.1) is 0 Å². The van der Waals surface area contributed by atoms with Crippen molar-refractivity contribution >= 4 is 26.1 Å². The average Bonchev–Trinajstić information content (AvgIpc) is 2.68. The number of carbonyl (C=O) groups is 3. The van der Waals surface area contributed by atoms with Crippen molar-refractivity contribution in [1.82, 2.24) is 4.90 Å². The lowest BCUT2D eigenvalue weighted by atomic mass is 9.79. The van der Waals surface area contributed by atoms with Gasteiger partial charge >= 0.3 is 11.9 Å². The van der Waals surface area contributed by atoms with E-state index in [-0.39, 0.29) is 0 Å². The maximum atomic E-state index is 13.2. The molecule has 0 bridgehead atoms. The molecule has 0 N–H and O–H groups in total. The molecule has 1 aromatic rings. The van der Waals surface area contributed by atoms with Gasteiger partial charge in [-0.2, -0.15) is 0 Å². The molecule has 160 valence electrons. The summed E-state index contributed by atoms with van der Waals surface area (Å²) < 4.78 is 11.8. The van der Waals surface area contributed by atoms with Crippen LogP contribution in [0.1, 0.15) is 60.1 Å². The van der Waals surface area contributed by atoms with E-state index in [1.165, 1.54) is 0 Å². The minimum absolute atomic E-state index is 0.477. The van der Waals surface area contributed by atoms with Gasteiger partial charge in [0.05, 0.1) is 0 Å². The first-order chi connectivity index (χ1) is 13.4. The number of rotatable bonds is 6. The number of ether oxygens (including phenoxy) is 1. The number of hydrogen-bond donors (Lipinski definition) is 0. The van der Waals surface area contributed by atoms with Gasteiger partial charge < -0.3 is 9.16 Å². The molecule has 2 atom stereocenters. The van der Waals surface area contributed by atoms with Crippen molar-refractivity contribution < 1.29 is 23.5 Å². The molecule has 0 saturated carbocycles. The van der Waals surface area contributed by atoms with Crippen molar-refractivity contribution in [1.29, 1.82) is 0 Å². The number of hydrogen-bond acceptors (Lipinski definition) is 5. The average molecular weight is 420 g/mol. The summed E-state index contributed by atoms with van der Waals surface area (Å²) in [6.07, 6.45) is 0. The van der Waals surface area contributed by atoms with Crippen molar-refractivity contribution in [2.45, 2.75) is 83.8 Å². The first kappa shape index (κ1) is 23.3. The Morgan fingerprint density at radius 3 is 2.03 bits per heavy atom. The number of nitrogens with zero attached hydrogens (tertiary/aromatic N) is 1. The molecule has 7 heteroatoms. The zero-order chi connectivity index (χ0) is 22.0. The molecule has 1 fully saturated rings. The molecule has 1 heterocycles. The number of likely N-dealkylation sites (tertiary alicyclic amines) is 1. The Morgan fingerprint density at radius 1 is 1.07 bits per heavy atom. The van der Waals surface area contributed by atoms with Crippen LogP contribution >= 0.6 is 0 Å². The minimum atomic E-state index is -2.14. The molecule has 2 rings (SSSR count). The Balaban J connectivity index is 2.43. The van der Waals surface area contributed by atoms with Crippen molar-refractivity contribution in [2.75, 3.05) is 0 Å². The van der Waals surface area contributed by atoms with E-state index in [0.29, 0.717) is 0 Å². The van der Waals surface area contributed by atoms with Gasteiger partial charge in [-0.25, -0.2) is 4.79 Å². The van der Waals surface area contributed by atoms with Crippen molar-refractivity contribution in [3.8, 4) is 0 Å². The molecule has 0 unspecified atom stereocenters. The summed E-state index contributed by atoms with van der Waals surface area (Å²) in [5.41, 5.74) is -1.23. The second-order valence-corrected chi connectivity index (χ2v) is 13.4. The summed E-state index contributed by atoms with van der Waals surface area (Å²) in [4.78, 5) is 39.4. The highest BCUT2D eigenvalue weighted by Crippen LogP contribution is 2.48. The third kappa shape index (κ3) is 4.45. The lowest BCUT2D eigenvalue weighted by Gasteiger charge is -2.55. The van der Waals surface area contributed by atoms with E-state index in [0.717, 1.165) is 28.6 Å². The fourth-order valence-corrected chi connectivity index (χ4v) is 6.93. The summed E-state index contributed by atoms with van der Waals surface area (Å²) in [5.74, 6) is -2.45. The van der Waals surface area contributed by atoms with E-state index in [1.54, 1.807) is 27.7 Å². The highest BCUT2D eigenvalue weighted by atomic mass is 28.4. The fraction of sp³-hybridized carbons (Fsp3) is 0.591. The summed E-state index contributed by atoms with van der Waals surface area (Å²) in [6.45, 7) is 13.1. The van der Waals surface area contributed by atoms with Crippen LogP contribution in [0.3, 0.4) is 0 Å². The van der Waals surface area contributed by atoms with Crippen molar-refractivity contribution in [3.63, 3.8) is 0 Å². The second kappa shape index (κ2) is 8.40. The molecule has 1 saturated heterocycles. The summed E-state index contributed by atoms with van der Waals surface area (Å²) in [5, 5.41) is 0. The van der Waals surface area contributed by atoms with Crippen LogP contribution in [0.5, 0.6) is 0 Å². The molecule has 6 nitrogen and oxygen atoms in total. The highest BCUT2D eigenvalue weighted by Gasteiger charge is 2.64. The van der Waals surface area contributed by atoms with Crippen molar-refractivity contribution in [2.24, 2.45) is 0 Å². The normalized spacial score (nSPS) is 22.2. The van der Waals surface area contributed by atoms with Gasteiger partial charge in [-0.05, 0) is 51.4 Å². The number of amides is 2. The summed E-state index contributed by atoms with van der Waals surface area (Å²) >= 11 is 0. The molecule has 1 aliphatic rings. The Hall–Kier alpha value is -1.99. The van der Waals surface area contributed by atoms with Crippen molar-refractivity contribution in [3.05, 3.63) is 35.9 Å². The SMILES string of the molecule is CC[Si](CC)(CC)O[C@@]1(C)C(=O)N(C(=O)C(=O)OC(C)(C)C)[C@H]1c1ccccc1. The number of imide groups is 1. The molecular weight excluding hydrogens is 386 g/mol. The second-order valence-electron chi connectivity index (χ2n) is 8.75. The van der Waals surface area contributed by atoms with E-state index >= 15 is 0 Å². The predicted molar refractivity (Wildman–Crippen MR) is 114 cm³/mol. The van der Waals surface area contributed by atoms with Crippen LogP contribution in [0.25, 0.3) is 0 Å². The van der Waals surface area contributed by atoms with Gasteiger partial charge in [-0.15, -0.1) is 0 Å². The summed E-state index contributed by atoms with van der Waals surface area (Å²) in [6, 6.07) is 11.2. The Labute approximate surface area is 174 Å². The van der Waals surface area contributed by atoms with Crippen LogP contribution in [0.2, 0.25) is 18.1 Å². The van der Waals surface area contributed by atoms with Gasteiger partial charge in [0.2, 0.25) is 0 Å². The van der Waals surface area contributed by atoms with Crippen LogP contribution in [-0.4, -0.2) is 42.2 Å². The van der Waals surface area contributed by atoms with Crippen LogP contribution < -0.4 is 0 Å². The first-order valence-corrected chi connectivity index (χ1v) is 12.8. The smallest absolute Gasteiger partial charge is 0.398 e. The maximum absolute atomic E-state index is 13.2. The lowest BCUT2D eigenvalue weighted by Crippen LogP contribution is -2.73. The van der Waals surface area contributed by atoms with E-state index in [4.69, 9.17) is 9.16 Å². The van der Waals surface area contributed by atoms with E-state index in [1.807, 2.05) is 30.3 Å². The number of esters is 1. The molecule has 0 radical (unpaired) electrons. The van der Waals surface area contributed by atoms with Gasteiger partial charge in [0.15, 0.2) is 13.9 Å². The number of benzene rings is 1.